The molecule has 134 valence electrons. The van der Waals surface area contributed by atoms with Crippen molar-refractivity contribution in [2.45, 2.75) is 39.3 Å². The van der Waals surface area contributed by atoms with Gasteiger partial charge in [0, 0.05) is 18.8 Å². The van der Waals surface area contributed by atoms with Crippen molar-refractivity contribution in [3.63, 3.8) is 0 Å². The van der Waals surface area contributed by atoms with E-state index >= 15 is 0 Å². The Morgan fingerprint density at radius 2 is 2.20 bits per heavy atom. The Morgan fingerprint density at radius 1 is 1.44 bits per heavy atom. The SMILES string of the molecule is CC(O)C(=O)NCC1CC(NC(=O)c2cccn3nccc23)C1(C)C. The number of nitrogens with zero attached hydrogens (tertiary/aromatic N) is 2. The van der Waals surface area contributed by atoms with Crippen LogP contribution in [0.4, 0.5) is 0 Å². The van der Waals surface area contributed by atoms with Crippen LogP contribution in [0.3, 0.4) is 0 Å². The molecule has 2 amide bonds. The van der Waals surface area contributed by atoms with Crippen molar-refractivity contribution >= 4 is 17.3 Å². The lowest BCUT2D eigenvalue weighted by Gasteiger charge is -2.52. The van der Waals surface area contributed by atoms with E-state index in [2.05, 4.69) is 29.6 Å². The van der Waals surface area contributed by atoms with Gasteiger partial charge in [0.2, 0.25) is 5.91 Å². The third kappa shape index (κ3) is 3.24. The van der Waals surface area contributed by atoms with Gasteiger partial charge in [-0.25, -0.2) is 4.52 Å². The summed E-state index contributed by atoms with van der Waals surface area (Å²) in [6.07, 6.45) is 3.26. The molecule has 3 unspecified atom stereocenters. The normalized spacial score (nSPS) is 22.9. The highest BCUT2D eigenvalue weighted by molar-refractivity contribution is 6.00. The van der Waals surface area contributed by atoms with Gasteiger partial charge < -0.3 is 15.7 Å². The molecule has 1 aliphatic carbocycles. The Kier molecular flexibility index (Phi) is 4.51. The number of rotatable bonds is 5. The first-order chi connectivity index (χ1) is 11.8. The van der Waals surface area contributed by atoms with Crippen molar-refractivity contribution in [1.29, 1.82) is 0 Å². The zero-order valence-corrected chi connectivity index (χ0v) is 14.7. The average Bonchev–Trinajstić information content (AvgIpc) is 3.05. The van der Waals surface area contributed by atoms with Crippen LogP contribution >= 0.6 is 0 Å². The molecule has 0 aromatic carbocycles. The number of nitrogens with one attached hydrogen (secondary N) is 2. The number of carbonyl (C=O) groups is 2. The van der Waals surface area contributed by atoms with Crippen molar-refractivity contribution in [3.05, 3.63) is 36.2 Å². The lowest BCUT2D eigenvalue weighted by Crippen LogP contribution is -2.61. The van der Waals surface area contributed by atoms with Gasteiger partial charge in [-0.2, -0.15) is 5.10 Å². The van der Waals surface area contributed by atoms with E-state index in [1.165, 1.54) is 6.92 Å². The molecule has 2 aromatic heterocycles. The fourth-order valence-corrected chi connectivity index (χ4v) is 3.36. The van der Waals surface area contributed by atoms with E-state index in [4.69, 9.17) is 0 Å². The first-order valence-electron chi connectivity index (χ1n) is 8.49. The molecular formula is C18H24N4O3. The molecule has 7 nitrogen and oxygen atoms in total. The summed E-state index contributed by atoms with van der Waals surface area (Å²) in [5, 5.41) is 19.2. The van der Waals surface area contributed by atoms with Crippen molar-refractivity contribution in [2.75, 3.05) is 6.54 Å². The summed E-state index contributed by atoms with van der Waals surface area (Å²) in [6, 6.07) is 5.44. The third-order valence-corrected chi connectivity index (χ3v) is 5.36. The number of amides is 2. The summed E-state index contributed by atoms with van der Waals surface area (Å²) in [5.41, 5.74) is 1.24. The van der Waals surface area contributed by atoms with E-state index in [0.29, 0.717) is 12.1 Å². The van der Waals surface area contributed by atoms with Gasteiger partial charge in [-0.05, 0) is 42.9 Å². The molecule has 3 N–H and O–H groups in total. The predicted molar refractivity (Wildman–Crippen MR) is 93.0 cm³/mol. The topological polar surface area (TPSA) is 95.7 Å². The highest BCUT2D eigenvalue weighted by Gasteiger charge is 2.48. The molecule has 0 saturated heterocycles. The smallest absolute Gasteiger partial charge is 0.253 e. The summed E-state index contributed by atoms with van der Waals surface area (Å²) in [4.78, 5) is 24.2. The molecular weight excluding hydrogens is 320 g/mol. The van der Waals surface area contributed by atoms with E-state index in [9.17, 15) is 14.7 Å². The van der Waals surface area contributed by atoms with Crippen LogP contribution in [0.1, 0.15) is 37.6 Å². The Balaban J connectivity index is 1.62. The molecule has 2 aromatic rings. The van der Waals surface area contributed by atoms with Crippen molar-refractivity contribution in [1.82, 2.24) is 20.2 Å². The van der Waals surface area contributed by atoms with Gasteiger partial charge in [0.25, 0.3) is 5.91 Å². The summed E-state index contributed by atoms with van der Waals surface area (Å²) >= 11 is 0. The van der Waals surface area contributed by atoms with Gasteiger partial charge >= 0.3 is 0 Å². The third-order valence-electron chi connectivity index (χ3n) is 5.36. The van der Waals surface area contributed by atoms with Gasteiger partial charge in [0.1, 0.15) is 6.10 Å². The zero-order chi connectivity index (χ0) is 18.2. The molecule has 0 aliphatic heterocycles. The van der Waals surface area contributed by atoms with E-state index in [1.807, 2.05) is 6.07 Å². The summed E-state index contributed by atoms with van der Waals surface area (Å²) in [7, 11) is 0. The predicted octanol–water partition coefficient (Wildman–Crippen LogP) is 0.976. The maximum Gasteiger partial charge on any atom is 0.253 e. The quantitative estimate of drug-likeness (QED) is 0.753. The zero-order valence-electron chi connectivity index (χ0n) is 14.7. The molecule has 0 radical (unpaired) electrons. The molecule has 2 heterocycles. The van der Waals surface area contributed by atoms with Crippen LogP contribution in [0, 0.1) is 11.3 Å². The van der Waals surface area contributed by atoms with Crippen LogP contribution in [-0.4, -0.2) is 45.2 Å². The Morgan fingerprint density at radius 3 is 2.88 bits per heavy atom. The monoisotopic (exact) mass is 344 g/mol. The Bertz CT molecular complexity index is 796. The summed E-state index contributed by atoms with van der Waals surface area (Å²) in [5.74, 6) is -0.224. The van der Waals surface area contributed by atoms with Crippen LogP contribution in [0.15, 0.2) is 30.6 Å². The number of aliphatic hydroxyl groups is 1. The van der Waals surface area contributed by atoms with E-state index in [-0.39, 0.29) is 29.2 Å². The number of hydrogen-bond acceptors (Lipinski definition) is 4. The summed E-state index contributed by atoms with van der Waals surface area (Å²) < 4.78 is 1.68. The van der Waals surface area contributed by atoms with E-state index < -0.39 is 6.10 Å². The first kappa shape index (κ1) is 17.4. The van der Waals surface area contributed by atoms with Gasteiger partial charge in [0.15, 0.2) is 0 Å². The van der Waals surface area contributed by atoms with Gasteiger partial charge in [-0.1, -0.05) is 13.8 Å². The number of pyridine rings is 1. The number of aliphatic hydroxyl groups excluding tert-OH is 1. The molecule has 0 bridgehead atoms. The van der Waals surface area contributed by atoms with Gasteiger partial charge in [0.05, 0.1) is 17.3 Å². The number of aromatic nitrogens is 2. The van der Waals surface area contributed by atoms with Crippen LogP contribution in [0.5, 0.6) is 0 Å². The molecule has 1 aliphatic rings. The fourth-order valence-electron chi connectivity index (χ4n) is 3.36. The molecule has 3 atom stereocenters. The minimum Gasteiger partial charge on any atom is -0.384 e. The molecule has 1 saturated carbocycles. The summed E-state index contributed by atoms with van der Waals surface area (Å²) in [6.45, 7) is 6.11. The maximum absolute atomic E-state index is 12.7. The van der Waals surface area contributed by atoms with E-state index in [1.54, 1.807) is 29.0 Å². The minimum atomic E-state index is -1.00. The second kappa shape index (κ2) is 6.48. The van der Waals surface area contributed by atoms with Crippen molar-refractivity contribution in [3.8, 4) is 0 Å². The van der Waals surface area contributed by atoms with Crippen LogP contribution in [-0.2, 0) is 4.79 Å². The highest BCUT2D eigenvalue weighted by Crippen LogP contribution is 2.45. The van der Waals surface area contributed by atoms with Crippen LogP contribution in [0.25, 0.3) is 5.52 Å². The lowest BCUT2D eigenvalue weighted by molar-refractivity contribution is -0.129. The minimum absolute atomic E-state index is 0.0385. The maximum atomic E-state index is 12.7. The Hall–Kier alpha value is -2.41. The van der Waals surface area contributed by atoms with Crippen molar-refractivity contribution < 1.29 is 14.7 Å². The van der Waals surface area contributed by atoms with Crippen molar-refractivity contribution in [2.24, 2.45) is 11.3 Å². The molecule has 25 heavy (non-hydrogen) atoms. The number of fused-ring (bicyclic) bond motifs is 1. The second-order valence-corrected chi connectivity index (χ2v) is 7.28. The average molecular weight is 344 g/mol. The Labute approximate surface area is 146 Å². The lowest BCUT2D eigenvalue weighted by atomic mass is 9.58. The highest BCUT2D eigenvalue weighted by atomic mass is 16.3. The fraction of sp³-hybridized carbons (Fsp3) is 0.500. The molecule has 0 spiro atoms. The molecule has 1 fully saturated rings. The van der Waals surface area contributed by atoms with Gasteiger partial charge in [-0.3, -0.25) is 9.59 Å². The van der Waals surface area contributed by atoms with E-state index in [0.717, 1.165) is 11.9 Å². The van der Waals surface area contributed by atoms with Crippen LogP contribution in [0.2, 0.25) is 0 Å². The molecule has 7 heteroatoms. The first-order valence-corrected chi connectivity index (χ1v) is 8.49. The standard InChI is InChI=1S/C18H24N4O3/c1-11(23)16(24)19-10-12-9-15(18(12,2)3)21-17(25)13-5-4-8-22-14(13)6-7-20-22/h4-8,11-12,15,23H,9-10H2,1-3H3,(H,19,24)(H,21,25). The molecule has 3 rings (SSSR count). The van der Waals surface area contributed by atoms with Crippen LogP contribution < -0.4 is 10.6 Å². The second-order valence-electron chi connectivity index (χ2n) is 7.28. The number of carbonyl (C=O) groups excluding carboxylic acids is 2. The van der Waals surface area contributed by atoms with Gasteiger partial charge in [-0.15, -0.1) is 0 Å². The number of hydrogen-bond donors (Lipinski definition) is 3. The largest absolute Gasteiger partial charge is 0.384 e.